The number of hydrogen-bond donors (Lipinski definition) is 1. The highest BCUT2D eigenvalue weighted by Crippen LogP contribution is 2.21. The van der Waals surface area contributed by atoms with E-state index in [4.69, 9.17) is 10.5 Å². The molecule has 0 spiro atoms. The number of rotatable bonds is 6. The van der Waals surface area contributed by atoms with Crippen molar-refractivity contribution >= 4 is 9.84 Å². The third kappa shape index (κ3) is 5.01. The van der Waals surface area contributed by atoms with Crippen molar-refractivity contribution in [3.8, 4) is 5.75 Å². The molecule has 0 heterocycles. The maximum absolute atomic E-state index is 13.6. The lowest BCUT2D eigenvalue weighted by molar-refractivity contribution is 0.301. The standard InChI is InChI=1S/C12H18FNO3S/c1-9(14)10-4-5-12(11(13)8-10)17-6-3-7-18(2,15)16/h4-5,8-9H,3,6-7,14H2,1-2H3. The van der Waals surface area contributed by atoms with Gasteiger partial charge in [-0.15, -0.1) is 0 Å². The second-order valence-electron chi connectivity index (χ2n) is 4.31. The molecule has 0 fully saturated rings. The van der Waals surface area contributed by atoms with Crippen molar-refractivity contribution in [3.05, 3.63) is 29.6 Å². The fourth-order valence-electron chi connectivity index (χ4n) is 1.42. The second kappa shape index (κ2) is 6.15. The van der Waals surface area contributed by atoms with Gasteiger partial charge in [0.15, 0.2) is 11.6 Å². The molecule has 1 atom stereocenters. The van der Waals surface area contributed by atoms with E-state index in [1.54, 1.807) is 13.0 Å². The van der Waals surface area contributed by atoms with Gasteiger partial charge >= 0.3 is 0 Å². The highest BCUT2D eigenvalue weighted by atomic mass is 32.2. The molecule has 0 aliphatic rings. The van der Waals surface area contributed by atoms with Crippen LogP contribution in [0.25, 0.3) is 0 Å². The van der Waals surface area contributed by atoms with Gasteiger partial charge < -0.3 is 10.5 Å². The molecule has 0 saturated heterocycles. The average molecular weight is 275 g/mol. The fourth-order valence-corrected chi connectivity index (χ4v) is 2.06. The van der Waals surface area contributed by atoms with E-state index < -0.39 is 15.7 Å². The Hall–Kier alpha value is -1.14. The largest absolute Gasteiger partial charge is 0.490 e. The van der Waals surface area contributed by atoms with Gasteiger partial charge in [0, 0.05) is 12.3 Å². The summed E-state index contributed by atoms with van der Waals surface area (Å²) in [4.78, 5) is 0. The van der Waals surface area contributed by atoms with Crippen LogP contribution in [-0.2, 0) is 9.84 Å². The Bertz CT molecular complexity index is 500. The highest BCUT2D eigenvalue weighted by Gasteiger charge is 2.08. The topological polar surface area (TPSA) is 69.4 Å². The summed E-state index contributed by atoms with van der Waals surface area (Å²) in [6.45, 7) is 1.93. The molecule has 6 heteroatoms. The van der Waals surface area contributed by atoms with Crippen molar-refractivity contribution in [2.24, 2.45) is 5.73 Å². The Labute approximate surface area is 107 Å². The van der Waals surface area contributed by atoms with Gasteiger partial charge in [0.1, 0.15) is 9.84 Å². The molecule has 0 amide bonds. The van der Waals surface area contributed by atoms with E-state index >= 15 is 0 Å². The van der Waals surface area contributed by atoms with E-state index in [1.165, 1.54) is 12.1 Å². The van der Waals surface area contributed by atoms with Crippen LogP contribution in [0.15, 0.2) is 18.2 Å². The van der Waals surface area contributed by atoms with Crippen LogP contribution >= 0.6 is 0 Å². The summed E-state index contributed by atoms with van der Waals surface area (Å²) in [6.07, 6.45) is 1.50. The summed E-state index contributed by atoms with van der Waals surface area (Å²) in [5, 5.41) is 0. The summed E-state index contributed by atoms with van der Waals surface area (Å²) in [7, 11) is -3.00. The molecule has 18 heavy (non-hydrogen) atoms. The van der Waals surface area contributed by atoms with Crippen LogP contribution in [0.1, 0.15) is 24.9 Å². The van der Waals surface area contributed by atoms with E-state index in [0.717, 1.165) is 6.26 Å². The van der Waals surface area contributed by atoms with E-state index in [0.29, 0.717) is 12.0 Å². The Morgan fingerprint density at radius 2 is 2.11 bits per heavy atom. The molecular formula is C12H18FNO3S. The zero-order chi connectivity index (χ0) is 13.8. The SMILES string of the molecule is CC(N)c1ccc(OCCCS(C)(=O)=O)c(F)c1. The molecule has 1 aromatic carbocycles. The number of benzene rings is 1. The molecule has 0 bridgehead atoms. The predicted molar refractivity (Wildman–Crippen MR) is 68.8 cm³/mol. The van der Waals surface area contributed by atoms with Crippen LogP contribution in [0, 0.1) is 5.82 Å². The normalized spacial score (nSPS) is 13.3. The maximum atomic E-state index is 13.6. The average Bonchev–Trinajstić information content (AvgIpc) is 2.24. The van der Waals surface area contributed by atoms with E-state index in [-0.39, 0.29) is 24.2 Å². The van der Waals surface area contributed by atoms with E-state index in [1.807, 2.05) is 0 Å². The molecular weight excluding hydrogens is 257 g/mol. The lowest BCUT2D eigenvalue weighted by atomic mass is 10.1. The predicted octanol–water partition coefficient (Wildman–Crippen LogP) is 1.66. The monoisotopic (exact) mass is 275 g/mol. The first kappa shape index (κ1) is 14.9. The molecule has 4 nitrogen and oxygen atoms in total. The van der Waals surface area contributed by atoms with E-state index in [9.17, 15) is 12.8 Å². The summed E-state index contributed by atoms with van der Waals surface area (Å²) in [5.74, 6) is -0.330. The number of sulfone groups is 1. The third-order valence-corrected chi connectivity index (χ3v) is 3.43. The molecule has 0 aliphatic carbocycles. The lowest BCUT2D eigenvalue weighted by Gasteiger charge is -2.10. The minimum absolute atomic E-state index is 0.0343. The van der Waals surface area contributed by atoms with Crippen molar-refractivity contribution in [1.82, 2.24) is 0 Å². The molecule has 1 unspecified atom stereocenters. The summed E-state index contributed by atoms with van der Waals surface area (Å²) < 4.78 is 40.5. The van der Waals surface area contributed by atoms with Gasteiger partial charge in [0.25, 0.3) is 0 Å². The van der Waals surface area contributed by atoms with Crippen LogP contribution in [0.2, 0.25) is 0 Å². The number of halogens is 1. The van der Waals surface area contributed by atoms with Crippen LogP contribution < -0.4 is 10.5 Å². The Morgan fingerprint density at radius 3 is 2.61 bits per heavy atom. The number of nitrogens with two attached hydrogens (primary N) is 1. The third-order valence-electron chi connectivity index (χ3n) is 2.40. The molecule has 1 rings (SSSR count). The van der Waals surface area contributed by atoms with Crippen LogP contribution in [0.5, 0.6) is 5.75 Å². The van der Waals surface area contributed by atoms with Gasteiger partial charge in [0.05, 0.1) is 12.4 Å². The summed E-state index contributed by atoms with van der Waals surface area (Å²) in [5.41, 5.74) is 6.32. The van der Waals surface area contributed by atoms with Crippen LogP contribution in [0.3, 0.4) is 0 Å². The zero-order valence-electron chi connectivity index (χ0n) is 10.5. The van der Waals surface area contributed by atoms with Gasteiger partial charge in [-0.2, -0.15) is 0 Å². The molecule has 0 aliphatic heterocycles. The number of hydrogen-bond acceptors (Lipinski definition) is 4. The first-order chi connectivity index (χ1) is 8.29. The van der Waals surface area contributed by atoms with Gasteiger partial charge in [-0.25, -0.2) is 12.8 Å². The lowest BCUT2D eigenvalue weighted by Crippen LogP contribution is -2.09. The van der Waals surface area contributed by atoms with Gasteiger partial charge in [-0.05, 0) is 31.0 Å². The zero-order valence-corrected chi connectivity index (χ0v) is 11.3. The van der Waals surface area contributed by atoms with Crippen molar-refractivity contribution in [2.45, 2.75) is 19.4 Å². The Kier molecular flexibility index (Phi) is 5.10. The molecule has 0 aromatic heterocycles. The van der Waals surface area contributed by atoms with Crippen molar-refractivity contribution in [3.63, 3.8) is 0 Å². The number of ether oxygens (including phenoxy) is 1. The molecule has 102 valence electrons. The maximum Gasteiger partial charge on any atom is 0.165 e. The smallest absolute Gasteiger partial charge is 0.165 e. The Balaban J connectivity index is 2.53. The highest BCUT2D eigenvalue weighted by molar-refractivity contribution is 7.90. The summed E-state index contributed by atoms with van der Waals surface area (Å²) in [6, 6.07) is 4.30. The fraction of sp³-hybridized carbons (Fsp3) is 0.500. The first-order valence-electron chi connectivity index (χ1n) is 5.65. The Morgan fingerprint density at radius 1 is 1.44 bits per heavy atom. The molecule has 0 radical (unpaired) electrons. The molecule has 1 aromatic rings. The van der Waals surface area contributed by atoms with Crippen molar-refractivity contribution in [2.75, 3.05) is 18.6 Å². The van der Waals surface area contributed by atoms with Gasteiger partial charge in [-0.3, -0.25) is 0 Å². The minimum atomic E-state index is -3.00. The van der Waals surface area contributed by atoms with Crippen molar-refractivity contribution in [1.29, 1.82) is 0 Å². The van der Waals surface area contributed by atoms with Crippen LogP contribution in [0.4, 0.5) is 4.39 Å². The summed E-state index contributed by atoms with van der Waals surface area (Å²) >= 11 is 0. The molecule has 0 saturated carbocycles. The van der Waals surface area contributed by atoms with E-state index in [2.05, 4.69) is 0 Å². The second-order valence-corrected chi connectivity index (χ2v) is 6.57. The minimum Gasteiger partial charge on any atom is -0.490 e. The first-order valence-corrected chi connectivity index (χ1v) is 7.71. The van der Waals surface area contributed by atoms with Gasteiger partial charge in [0.2, 0.25) is 0 Å². The van der Waals surface area contributed by atoms with Crippen LogP contribution in [-0.4, -0.2) is 27.0 Å². The molecule has 2 N–H and O–H groups in total. The quantitative estimate of drug-likeness (QED) is 0.802. The van der Waals surface area contributed by atoms with Crippen molar-refractivity contribution < 1.29 is 17.5 Å². The van der Waals surface area contributed by atoms with Gasteiger partial charge in [-0.1, -0.05) is 6.07 Å².